The molecule has 1 aliphatic carbocycles. The lowest BCUT2D eigenvalue weighted by molar-refractivity contribution is -0.132. The fourth-order valence-corrected chi connectivity index (χ4v) is 3.10. The molecule has 6 heteroatoms. The zero-order valence-electron chi connectivity index (χ0n) is 10.3. The molecule has 1 saturated carbocycles. The summed E-state index contributed by atoms with van der Waals surface area (Å²) < 4.78 is 0. The average Bonchev–Trinajstić information content (AvgIpc) is 2.82. The van der Waals surface area contributed by atoms with E-state index in [-0.39, 0.29) is 10.8 Å². The molecule has 5 nitrogen and oxygen atoms in total. The molecule has 1 aromatic rings. The van der Waals surface area contributed by atoms with E-state index >= 15 is 0 Å². The van der Waals surface area contributed by atoms with Crippen LogP contribution in [0.3, 0.4) is 0 Å². The van der Waals surface area contributed by atoms with Crippen LogP contribution in [-0.4, -0.2) is 17.4 Å². The topological polar surface area (TPSA) is 88.0 Å². The molecule has 1 amide bonds. The van der Waals surface area contributed by atoms with Gasteiger partial charge in [0.25, 0.3) is 0 Å². The number of carbonyl (C=O) groups is 1. The Hall–Kier alpha value is -1.14. The van der Waals surface area contributed by atoms with Crippen molar-refractivity contribution < 1.29 is 4.79 Å². The van der Waals surface area contributed by atoms with E-state index in [9.17, 15) is 9.59 Å². The van der Waals surface area contributed by atoms with Gasteiger partial charge in [-0.3, -0.25) is 9.59 Å². The molecule has 0 aliphatic heterocycles. The lowest BCUT2D eigenvalue weighted by Gasteiger charge is -2.34. The Morgan fingerprint density at radius 2 is 2.17 bits per heavy atom. The molecule has 0 radical (unpaired) electrons. The molecule has 1 fully saturated rings. The van der Waals surface area contributed by atoms with Crippen molar-refractivity contribution in [2.45, 2.75) is 38.6 Å². The molecule has 0 saturated heterocycles. The number of aromatic amines is 1. The van der Waals surface area contributed by atoms with Gasteiger partial charge < -0.3 is 16.0 Å². The number of hydrogen-bond acceptors (Lipinski definition) is 4. The SMILES string of the molecule is NCC1(C(=O)NCc2csc(=O)[nH]2)CCCCC1. The number of aromatic nitrogens is 1. The van der Waals surface area contributed by atoms with E-state index < -0.39 is 5.41 Å². The van der Waals surface area contributed by atoms with E-state index in [0.717, 1.165) is 42.7 Å². The largest absolute Gasteiger partial charge is 0.350 e. The first-order valence-corrected chi connectivity index (χ1v) is 7.19. The molecule has 18 heavy (non-hydrogen) atoms. The van der Waals surface area contributed by atoms with Gasteiger partial charge in [0.1, 0.15) is 0 Å². The first-order chi connectivity index (χ1) is 8.66. The van der Waals surface area contributed by atoms with E-state index in [1.165, 1.54) is 6.42 Å². The van der Waals surface area contributed by atoms with Crippen molar-refractivity contribution >= 4 is 17.2 Å². The second-order valence-electron chi connectivity index (χ2n) is 4.90. The molecule has 0 bridgehead atoms. The number of amides is 1. The summed E-state index contributed by atoms with van der Waals surface area (Å²) >= 11 is 1.11. The summed E-state index contributed by atoms with van der Waals surface area (Å²) in [6, 6.07) is 0. The second-order valence-corrected chi connectivity index (χ2v) is 5.74. The van der Waals surface area contributed by atoms with Crippen LogP contribution < -0.4 is 15.9 Å². The highest BCUT2D eigenvalue weighted by Crippen LogP contribution is 2.35. The Bertz CT molecular complexity index is 460. The van der Waals surface area contributed by atoms with Gasteiger partial charge in [-0.2, -0.15) is 0 Å². The minimum absolute atomic E-state index is 0.0248. The first-order valence-electron chi connectivity index (χ1n) is 6.31. The molecule has 0 aromatic carbocycles. The smallest absolute Gasteiger partial charge is 0.304 e. The van der Waals surface area contributed by atoms with Crippen LogP contribution in [0.1, 0.15) is 37.8 Å². The number of nitrogens with one attached hydrogen (secondary N) is 2. The van der Waals surface area contributed by atoms with Crippen molar-refractivity contribution in [3.05, 3.63) is 20.7 Å². The van der Waals surface area contributed by atoms with Crippen molar-refractivity contribution in [1.29, 1.82) is 0 Å². The second kappa shape index (κ2) is 5.67. The number of rotatable bonds is 4. The van der Waals surface area contributed by atoms with Gasteiger partial charge in [0.15, 0.2) is 0 Å². The van der Waals surface area contributed by atoms with Crippen LogP contribution in [0, 0.1) is 5.41 Å². The number of thiazole rings is 1. The van der Waals surface area contributed by atoms with Gasteiger partial charge in [-0.1, -0.05) is 30.6 Å². The first kappa shape index (κ1) is 13.3. The maximum atomic E-state index is 12.3. The lowest BCUT2D eigenvalue weighted by atomic mass is 9.73. The fourth-order valence-electron chi connectivity index (χ4n) is 2.52. The maximum absolute atomic E-state index is 12.3. The molecule has 1 aliphatic rings. The van der Waals surface area contributed by atoms with E-state index in [4.69, 9.17) is 5.73 Å². The predicted octanol–water partition coefficient (Wildman–Crippen LogP) is 0.962. The number of hydrogen-bond donors (Lipinski definition) is 3. The highest BCUT2D eigenvalue weighted by Gasteiger charge is 2.37. The van der Waals surface area contributed by atoms with E-state index in [2.05, 4.69) is 10.3 Å². The molecule has 100 valence electrons. The third kappa shape index (κ3) is 2.81. The third-order valence-electron chi connectivity index (χ3n) is 3.69. The predicted molar refractivity (Wildman–Crippen MR) is 71.4 cm³/mol. The standard InChI is InChI=1S/C12H19N3O2S/c13-8-12(4-2-1-3-5-12)10(16)14-6-9-7-18-11(17)15-9/h7H,1-6,8,13H2,(H,14,16)(H,15,17). The molecule has 0 spiro atoms. The Morgan fingerprint density at radius 3 is 2.72 bits per heavy atom. The average molecular weight is 269 g/mol. The molecule has 1 aromatic heterocycles. The Labute approximate surface area is 110 Å². The maximum Gasteiger partial charge on any atom is 0.304 e. The van der Waals surface area contributed by atoms with Crippen molar-refractivity contribution in [1.82, 2.24) is 10.3 Å². The molecule has 4 N–H and O–H groups in total. The fraction of sp³-hybridized carbons (Fsp3) is 0.667. The van der Waals surface area contributed by atoms with Crippen molar-refractivity contribution in [3.8, 4) is 0 Å². The summed E-state index contributed by atoms with van der Waals surface area (Å²) in [4.78, 5) is 25.8. The van der Waals surface area contributed by atoms with Gasteiger partial charge in [0.2, 0.25) is 5.91 Å². The molecule has 0 unspecified atom stereocenters. The summed E-state index contributed by atoms with van der Waals surface area (Å²) in [6.07, 6.45) is 5.07. The minimum Gasteiger partial charge on any atom is -0.350 e. The Morgan fingerprint density at radius 1 is 1.44 bits per heavy atom. The number of carbonyl (C=O) groups excluding carboxylic acids is 1. The Balaban J connectivity index is 1.95. The highest BCUT2D eigenvalue weighted by molar-refractivity contribution is 7.07. The molecular weight excluding hydrogens is 250 g/mol. The van der Waals surface area contributed by atoms with Gasteiger partial charge in [-0.05, 0) is 12.8 Å². The highest BCUT2D eigenvalue weighted by atomic mass is 32.1. The molecule has 1 heterocycles. The molecule has 0 atom stereocenters. The van der Waals surface area contributed by atoms with Crippen LogP contribution in [0.15, 0.2) is 10.2 Å². The minimum atomic E-state index is -0.394. The van der Waals surface area contributed by atoms with E-state index in [1.54, 1.807) is 5.38 Å². The summed E-state index contributed by atoms with van der Waals surface area (Å²) in [5, 5.41) is 4.63. The summed E-state index contributed by atoms with van der Waals surface area (Å²) in [7, 11) is 0. The van der Waals surface area contributed by atoms with Crippen molar-refractivity contribution in [2.75, 3.05) is 6.54 Å². The van der Waals surface area contributed by atoms with Crippen LogP contribution in [0.5, 0.6) is 0 Å². The van der Waals surface area contributed by atoms with Crippen molar-refractivity contribution in [2.24, 2.45) is 11.1 Å². The van der Waals surface area contributed by atoms with Gasteiger partial charge >= 0.3 is 4.87 Å². The number of H-pyrrole nitrogens is 1. The van der Waals surface area contributed by atoms with Gasteiger partial charge in [0.05, 0.1) is 12.0 Å². The summed E-state index contributed by atoms with van der Waals surface area (Å²) in [6.45, 7) is 0.776. The third-order valence-corrected chi connectivity index (χ3v) is 4.41. The van der Waals surface area contributed by atoms with Crippen LogP contribution in [0.2, 0.25) is 0 Å². The van der Waals surface area contributed by atoms with Gasteiger partial charge in [-0.15, -0.1) is 0 Å². The van der Waals surface area contributed by atoms with Crippen LogP contribution in [0.25, 0.3) is 0 Å². The number of nitrogens with two attached hydrogens (primary N) is 1. The molecule has 2 rings (SSSR count). The molecular formula is C12H19N3O2S. The van der Waals surface area contributed by atoms with E-state index in [0.29, 0.717) is 13.1 Å². The summed E-state index contributed by atoms with van der Waals surface area (Å²) in [5.74, 6) is 0.0248. The van der Waals surface area contributed by atoms with E-state index in [1.807, 2.05) is 0 Å². The Kier molecular flexibility index (Phi) is 4.19. The zero-order valence-corrected chi connectivity index (χ0v) is 11.1. The van der Waals surface area contributed by atoms with Crippen LogP contribution in [-0.2, 0) is 11.3 Å². The lowest BCUT2D eigenvalue weighted by Crippen LogP contribution is -2.46. The van der Waals surface area contributed by atoms with Gasteiger partial charge in [0, 0.05) is 17.6 Å². The summed E-state index contributed by atoms with van der Waals surface area (Å²) in [5.41, 5.74) is 6.15. The van der Waals surface area contributed by atoms with Gasteiger partial charge in [-0.25, -0.2) is 0 Å². The monoisotopic (exact) mass is 269 g/mol. The zero-order chi connectivity index (χ0) is 13.0. The van der Waals surface area contributed by atoms with Crippen LogP contribution in [0.4, 0.5) is 0 Å². The quantitative estimate of drug-likeness (QED) is 0.760. The van der Waals surface area contributed by atoms with Crippen LogP contribution >= 0.6 is 11.3 Å². The van der Waals surface area contributed by atoms with Crippen molar-refractivity contribution in [3.63, 3.8) is 0 Å². The normalized spacial score (nSPS) is 18.5.